The first-order valence-corrected chi connectivity index (χ1v) is 13.7. The number of benzene rings is 2. The van der Waals surface area contributed by atoms with Crippen LogP contribution in [-0.4, -0.2) is 66.3 Å². The second-order valence-electron chi connectivity index (χ2n) is 9.08. The van der Waals surface area contributed by atoms with Crippen molar-refractivity contribution in [2.45, 2.75) is 33.1 Å². The van der Waals surface area contributed by atoms with E-state index < -0.39 is 33.8 Å². The summed E-state index contributed by atoms with van der Waals surface area (Å²) < 4.78 is 85.1. The molecular weight excluding hydrogens is 542 g/mol. The topological polar surface area (TPSA) is 99.8 Å². The molecule has 0 radical (unpaired) electrons. The lowest BCUT2D eigenvalue weighted by molar-refractivity contribution is -0.157. The Morgan fingerprint density at radius 2 is 1.79 bits per heavy atom. The number of hydrogen-bond acceptors (Lipinski definition) is 7. The quantitative estimate of drug-likeness (QED) is 0.379. The Bertz CT molecular complexity index is 1440. The number of rotatable bonds is 8. The molecule has 14 heteroatoms. The number of carbonyl (C=O) groups excluding carboxylic acids is 1. The molecule has 0 atom stereocenters. The van der Waals surface area contributed by atoms with Gasteiger partial charge in [-0.15, -0.1) is 10.2 Å². The van der Waals surface area contributed by atoms with E-state index in [9.17, 15) is 26.4 Å². The summed E-state index contributed by atoms with van der Waals surface area (Å²) in [5.41, 5.74) is 1.15. The predicted molar refractivity (Wildman–Crippen MR) is 134 cm³/mol. The average molecular weight is 570 g/mol. The minimum atomic E-state index is -4.84. The molecule has 39 heavy (non-hydrogen) atoms. The normalized spacial score (nSPS) is 15.0. The SMILES string of the molecule is CCS(=O)(=O)N(Cc1ccc(-c2nnc(C(F)(F)F)o2)cc1F)c1cccc(CN2CCN(C(C)=O)CC2)c1. The third kappa shape index (κ3) is 6.74. The molecule has 1 amide bonds. The van der Waals surface area contributed by atoms with Gasteiger partial charge in [0.05, 0.1) is 18.0 Å². The van der Waals surface area contributed by atoms with Gasteiger partial charge in [0.2, 0.25) is 21.8 Å². The van der Waals surface area contributed by atoms with Crippen molar-refractivity contribution in [2.75, 3.05) is 36.2 Å². The minimum absolute atomic E-state index is 0.0112. The Hall–Kier alpha value is -3.52. The van der Waals surface area contributed by atoms with Crippen LogP contribution in [0.4, 0.5) is 23.2 Å². The van der Waals surface area contributed by atoms with Gasteiger partial charge < -0.3 is 9.32 Å². The lowest BCUT2D eigenvalue weighted by Crippen LogP contribution is -2.47. The zero-order valence-electron chi connectivity index (χ0n) is 21.3. The average Bonchev–Trinajstić information content (AvgIpc) is 3.39. The molecule has 1 aromatic heterocycles. The van der Waals surface area contributed by atoms with Crippen molar-refractivity contribution in [1.29, 1.82) is 0 Å². The fourth-order valence-corrected chi connectivity index (χ4v) is 5.30. The zero-order valence-corrected chi connectivity index (χ0v) is 22.1. The summed E-state index contributed by atoms with van der Waals surface area (Å²) >= 11 is 0. The number of halogens is 4. The number of alkyl halides is 3. The largest absolute Gasteiger partial charge is 0.470 e. The molecule has 0 N–H and O–H groups in total. The number of nitrogens with zero attached hydrogens (tertiary/aromatic N) is 5. The number of anilines is 1. The van der Waals surface area contributed by atoms with Gasteiger partial charge in [-0.25, -0.2) is 12.8 Å². The van der Waals surface area contributed by atoms with Crippen LogP contribution < -0.4 is 4.31 Å². The Kier molecular flexibility index (Phi) is 8.25. The van der Waals surface area contributed by atoms with Crippen molar-refractivity contribution in [2.24, 2.45) is 0 Å². The van der Waals surface area contributed by atoms with E-state index in [4.69, 9.17) is 0 Å². The van der Waals surface area contributed by atoms with Gasteiger partial charge in [-0.2, -0.15) is 13.2 Å². The van der Waals surface area contributed by atoms with Gasteiger partial charge in [0.1, 0.15) is 5.82 Å². The molecule has 9 nitrogen and oxygen atoms in total. The van der Waals surface area contributed by atoms with Crippen molar-refractivity contribution < 1.29 is 35.2 Å². The molecule has 0 saturated carbocycles. The molecule has 2 heterocycles. The highest BCUT2D eigenvalue weighted by Gasteiger charge is 2.38. The zero-order chi connectivity index (χ0) is 28.4. The van der Waals surface area contributed by atoms with Gasteiger partial charge in [0, 0.05) is 50.8 Å². The van der Waals surface area contributed by atoms with Crippen molar-refractivity contribution in [3.05, 3.63) is 65.3 Å². The minimum Gasteiger partial charge on any atom is -0.413 e. The first-order chi connectivity index (χ1) is 18.4. The smallest absolute Gasteiger partial charge is 0.413 e. The summed E-state index contributed by atoms with van der Waals surface area (Å²) in [7, 11) is -3.83. The van der Waals surface area contributed by atoms with E-state index in [2.05, 4.69) is 19.5 Å². The van der Waals surface area contributed by atoms with E-state index in [1.165, 1.54) is 26.0 Å². The molecule has 1 saturated heterocycles. The van der Waals surface area contributed by atoms with Gasteiger partial charge in [0.25, 0.3) is 0 Å². The monoisotopic (exact) mass is 569 g/mol. The lowest BCUT2D eigenvalue weighted by Gasteiger charge is -2.34. The highest BCUT2D eigenvalue weighted by molar-refractivity contribution is 7.92. The van der Waals surface area contributed by atoms with Crippen LogP contribution in [0.3, 0.4) is 0 Å². The molecular formula is C25H27F4N5O4S. The Morgan fingerprint density at radius 1 is 1.08 bits per heavy atom. The number of aromatic nitrogens is 2. The van der Waals surface area contributed by atoms with Crippen LogP contribution in [0.15, 0.2) is 46.9 Å². The highest BCUT2D eigenvalue weighted by Crippen LogP contribution is 2.31. The van der Waals surface area contributed by atoms with E-state index >= 15 is 4.39 Å². The fourth-order valence-electron chi connectivity index (χ4n) is 4.21. The third-order valence-electron chi connectivity index (χ3n) is 6.40. The van der Waals surface area contributed by atoms with Crippen LogP contribution in [0.1, 0.15) is 30.9 Å². The molecule has 4 rings (SSSR count). The molecule has 0 bridgehead atoms. The van der Waals surface area contributed by atoms with Gasteiger partial charge >= 0.3 is 12.1 Å². The Morgan fingerprint density at radius 3 is 2.38 bits per heavy atom. The molecule has 0 unspecified atom stereocenters. The molecule has 0 aliphatic carbocycles. The van der Waals surface area contributed by atoms with Gasteiger partial charge in [-0.05, 0) is 36.8 Å². The van der Waals surface area contributed by atoms with Crippen LogP contribution in [0.2, 0.25) is 0 Å². The van der Waals surface area contributed by atoms with E-state index in [-0.39, 0.29) is 29.3 Å². The molecule has 0 spiro atoms. The number of hydrogen-bond donors (Lipinski definition) is 0. The third-order valence-corrected chi connectivity index (χ3v) is 8.15. The fraction of sp³-hybridized carbons (Fsp3) is 0.400. The summed E-state index contributed by atoms with van der Waals surface area (Å²) in [6.45, 7) is 5.82. The first kappa shape index (κ1) is 28.5. The van der Waals surface area contributed by atoms with Crippen LogP contribution >= 0.6 is 0 Å². The molecule has 1 aliphatic heterocycles. The molecule has 2 aromatic carbocycles. The van der Waals surface area contributed by atoms with E-state index in [1.54, 1.807) is 23.1 Å². The van der Waals surface area contributed by atoms with Gasteiger partial charge in [0.15, 0.2) is 0 Å². The number of sulfonamides is 1. The van der Waals surface area contributed by atoms with Crippen LogP contribution in [0, 0.1) is 5.82 Å². The summed E-state index contributed by atoms with van der Waals surface area (Å²) in [4.78, 5) is 15.5. The number of carbonyl (C=O) groups is 1. The van der Waals surface area contributed by atoms with Crippen molar-refractivity contribution in [1.82, 2.24) is 20.0 Å². The number of amides is 1. The second-order valence-corrected chi connectivity index (χ2v) is 11.3. The maximum absolute atomic E-state index is 15.1. The Balaban J connectivity index is 1.55. The standard InChI is InChI=1S/C25H27F4N5O4S/c1-3-39(36,37)34(21-6-4-5-18(13-21)15-32-9-11-33(12-10-32)17(2)35)16-20-8-7-19(14-22(20)26)23-30-31-24(38-23)25(27,28)29/h4-8,13-14H,3,9-12,15-16H2,1-2H3. The predicted octanol–water partition coefficient (Wildman–Crippen LogP) is 3.91. The highest BCUT2D eigenvalue weighted by atomic mass is 32.2. The molecule has 1 aliphatic rings. The summed E-state index contributed by atoms with van der Waals surface area (Å²) in [6.07, 6.45) is -4.84. The van der Waals surface area contributed by atoms with Gasteiger partial charge in [-0.1, -0.05) is 18.2 Å². The summed E-state index contributed by atoms with van der Waals surface area (Å²) in [6, 6.07) is 10.4. The summed E-state index contributed by atoms with van der Waals surface area (Å²) in [5, 5.41) is 6.26. The van der Waals surface area contributed by atoms with E-state index in [0.29, 0.717) is 38.4 Å². The lowest BCUT2D eigenvalue weighted by atomic mass is 10.1. The number of piperazine rings is 1. The van der Waals surface area contributed by atoms with E-state index in [0.717, 1.165) is 15.9 Å². The van der Waals surface area contributed by atoms with Crippen LogP contribution in [0.25, 0.3) is 11.5 Å². The van der Waals surface area contributed by atoms with Crippen molar-refractivity contribution in [3.8, 4) is 11.5 Å². The molecule has 1 fully saturated rings. The maximum atomic E-state index is 15.1. The van der Waals surface area contributed by atoms with Crippen molar-refractivity contribution >= 4 is 21.6 Å². The van der Waals surface area contributed by atoms with Gasteiger partial charge in [-0.3, -0.25) is 14.0 Å². The van der Waals surface area contributed by atoms with Crippen LogP contribution in [-0.2, 0) is 34.1 Å². The second kappa shape index (κ2) is 11.3. The maximum Gasteiger partial charge on any atom is 0.470 e. The van der Waals surface area contributed by atoms with Crippen molar-refractivity contribution in [3.63, 3.8) is 0 Å². The van der Waals surface area contributed by atoms with Crippen LogP contribution in [0.5, 0.6) is 0 Å². The summed E-state index contributed by atoms with van der Waals surface area (Å²) in [5.74, 6) is -3.10. The molecule has 210 valence electrons. The molecule has 3 aromatic rings. The van der Waals surface area contributed by atoms with E-state index in [1.807, 2.05) is 6.07 Å². The first-order valence-electron chi connectivity index (χ1n) is 12.1. The Labute approximate surface area is 223 Å².